The molecule has 0 aliphatic rings. The van der Waals surface area contributed by atoms with Crippen molar-refractivity contribution in [1.82, 2.24) is 5.32 Å². The predicted octanol–water partition coefficient (Wildman–Crippen LogP) is 3.22. The van der Waals surface area contributed by atoms with Crippen molar-refractivity contribution in [2.45, 2.75) is 59.9 Å². The van der Waals surface area contributed by atoms with Gasteiger partial charge in [0.15, 0.2) is 0 Å². The van der Waals surface area contributed by atoms with Gasteiger partial charge in [0.1, 0.15) is 0 Å². The molecule has 1 N–H and O–H groups in total. The molecule has 0 aliphatic carbocycles. The zero-order valence-electron chi connectivity index (χ0n) is 11.4. The Kier molecular flexibility index (Phi) is 6.46. The highest BCUT2D eigenvalue weighted by molar-refractivity contribution is 4.80. The SMILES string of the molecule is CCOCCC(C)(CC)CNC(C)(C)C. The second kappa shape index (κ2) is 6.49. The Labute approximate surface area is 95.8 Å². The highest BCUT2D eigenvalue weighted by Crippen LogP contribution is 2.25. The molecule has 2 nitrogen and oxygen atoms in total. The lowest BCUT2D eigenvalue weighted by Crippen LogP contribution is -2.43. The van der Waals surface area contributed by atoms with E-state index in [2.05, 4.69) is 46.9 Å². The van der Waals surface area contributed by atoms with Gasteiger partial charge in [-0.15, -0.1) is 0 Å². The molecule has 0 bridgehead atoms. The van der Waals surface area contributed by atoms with Crippen LogP contribution in [0.1, 0.15) is 54.4 Å². The van der Waals surface area contributed by atoms with Crippen molar-refractivity contribution in [3.63, 3.8) is 0 Å². The molecule has 0 aromatic heterocycles. The van der Waals surface area contributed by atoms with Crippen LogP contribution < -0.4 is 5.32 Å². The smallest absolute Gasteiger partial charge is 0.0471 e. The van der Waals surface area contributed by atoms with E-state index in [1.165, 1.54) is 6.42 Å². The van der Waals surface area contributed by atoms with E-state index in [-0.39, 0.29) is 5.54 Å². The minimum atomic E-state index is 0.210. The second-order valence-corrected chi connectivity index (χ2v) is 5.71. The Morgan fingerprint density at radius 3 is 2.07 bits per heavy atom. The maximum atomic E-state index is 5.44. The van der Waals surface area contributed by atoms with Gasteiger partial charge in [-0.1, -0.05) is 13.8 Å². The van der Waals surface area contributed by atoms with E-state index < -0.39 is 0 Å². The predicted molar refractivity (Wildman–Crippen MR) is 67.3 cm³/mol. The molecular formula is C13H29NO. The van der Waals surface area contributed by atoms with Crippen molar-refractivity contribution >= 4 is 0 Å². The van der Waals surface area contributed by atoms with Gasteiger partial charge in [0, 0.05) is 25.3 Å². The van der Waals surface area contributed by atoms with Crippen LogP contribution in [0, 0.1) is 5.41 Å². The average Bonchev–Trinajstić information content (AvgIpc) is 2.14. The number of rotatable bonds is 7. The molecule has 0 rings (SSSR count). The Morgan fingerprint density at radius 2 is 1.67 bits per heavy atom. The number of hydrogen-bond acceptors (Lipinski definition) is 2. The zero-order chi connectivity index (χ0) is 11.9. The molecule has 0 aromatic rings. The summed E-state index contributed by atoms with van der Waals surface area (Å²) in [6, 6.07) is 0. The van der Waals surface area contributed by atoms with Gasteiger partial charge in [-0.25, -0.2) is 0 Å². The fourth-order valence-corrected chi connectivity index (χ4v) is 1.33. The molecule has 0 aromatic carbocycles. The Balaban J connectivity index is 3.96. The Bertz CT molecular complexity index is 162. The minimum Gasteiger partial charge on any atom is -0.382 e. The molecule has 0 spiro atoms. The van der Waals surface area contributed by atoms with E-state index in [1.54, 1.807) is 0 Å². The quantitative estimate of drug-likeness (QED) is 0.658. The highest BCUT2D eigenvalue weighted by Gasteiger charge is 2.23. The summed E-state index contributed by atoms with van der Waals surface area (Å²) in [5, 5.41) is 3.58. The summed E-state index contributed by atoms with van der Waals surface area (Å²) in [5.41, 5.74) is 0.574. The van der Waals surface area contributed by atoms with E-state index in [0.717, 1.165) is 26.2 Å². The van der Waals surface area contributed by atoms with E-state index in [1.807, 2.05) is 0 Å². The normalized spacial score (nSPS) is 16.4. The van der Waals surface area contributed by atoms with Crippen LogP contribution >= 0.6 is 0 Å². The van der Waals surface area contributed by atoms with E-state index in [9.17, 15) is 0 Å². The molecule has 0 heterocycles. The maximum absolute atomic E-state index is 5.44. The first-order valence-corrected chi connectivity index (χ1v) is 6.16. The first kappa shape index (κ1) is 14.9. The third kappa shape index (κ3) is 7.80. The average molecular weight is 215 g/mol. The van der Waals surface area contributed by atoms with Gasteiger partial charge in [0.2, 0.25) is 0 Å². The highest BCUT2D eigenvalue weighted by atomic mass is 16.5. The summed E-state index contributed by atoms with van der Waals surface area (Å²) in [5.74, 6) is 0. The largest absolute Gasteiger partial charge is 0.382 e. The lowest BCUT2D eigenvalue weighted by atomic mass is 9.83. The summed E-state index contributed by atoms with van der Waals surface area (Å²) in [4.78, 5) is 0. The van der Waals surface area contributed by atoms with Gasteiger partial charge in [-0.2, -0.15) is 0 Å². The number of ether oxygens (including phenoxy) is 1. The zero-order valence-corrected chi connectivity index (χ0v) is 11.4. The van der Waals surface area contributed by atoms with E-state index >= 15 is 0 Å². The maximum Gasteiger partial charge on any atom is 0.0471 e. The van der Waals surface area contributed by atoms with Gasteiger partial charge in [-0.05, 0) is 46.0 Å². The molecule has 92 valence electrons. The molecular weight excluding hydrogens is 186 g/mol. The van der Waals surface area contributed by atoms with Gasteiger partial charge >= 0.3 is 0 Å². The van der Waals surface area contributed by atoms with Crippen molar-refractivity contribution in [2.75, 3.05) is 19.8 Å². The van der Waals surface area contributed by atoms with Crippen LogP contribution in [0.5, 0.6) is 0 Å². The van der Waals surface area contributed by atoms with Crippen LogP contribution in [0.2, 0.25) is 0 Å². The molecule has 0 amide bonds. The van der Waals surface area contributed by atoms with Crippen LogP contribution in [-0.2, 0) is 4.74 Å². The van der Waals surface area contributed by atoms with E-state index in [4.69, 9.17) is 4.74 Å². The summed E-state index contributed by atoms with van der Waals surface area (Å²) in [7, 11) is 0. The van der Waals surface area contributed by atoms with Crippen LogP contribution in [0.4, 0.5) is 0 Å². The topological polar surface area (TPSA) is 21.3 Å². The monoisotopic (exact) mass is 215 g/mol. The van der Waals surface area contributed by atoms with Gasteiger partial charge in [-0.3, -0.25) is 0 Å². The summed E-state index contributed by atoms with van der Waals surface area (Å²) >= 11 is 0. The van der Waals surface area contributed by atoms with Crippen molar-refractivity contribution in [3.05, 3.63) is 0 Å². The van der Waals surface area contributed by atoms with Crippen molar-refractivity contribution in [2.24, 2.45) is 5.41 Å². The molecule has 2 heteroatoms. The van der Waals surface area contributed by atoms with Crippen LogP contribution in [0.25, 0.3) is 0 Å². The van der Waals surface area contributed by atoms with Crippen LogP contribution in [-0.4, -0.2) is 25.3 Å². The summed E-state index contributed by atoms with van der Waals surface area (Å²) in [6.07, 6.45) is 2.34. The third-order valence-electron chi connectivity index (χ3n) is 2.95. The molecule has 0 saturated carbocycles. The van der Waals surface area contributed by atoms with Crippen LogP contribution in [0.15, 0.2) is 0 Å². The van der Waals surface area contributed by atoms with E-state index in [0.29, 0.717) is 5.41 Å². The summed E-state index contributed by atoms with van der Waals surface area (Å²) in [6.45, 7) is 16.1. The molecule has 15 heavy (non-hydrogen) atoms. The lowest BCUT2D eigenvalue weighted by molar-refractivity contribution is 0.103. The Hall–Kier alpha value is -0.0800. The molecule has 1 atom stereocenters. The Morgan fingerprint density at radius 1 is 1.07 bits per heavy atom. The molecule has 0 radical (unpaired) electrons. The van der Waals surface area contributed by atoms with Gasteiger partial charge in [0.05, 0.1) is 0 Å². The standard InChI is InChI=1S/C13H29NO/c1-7-13(6,9-10-15-8-2)11-14-12(3,4)5/h14H,7-11H2,1-6H3. The summed E-state index contributed by atoms with van der Waals surface area (Å²) < 4.78 is 5.44. The molecule has 0 aliphatic heterocycles. The fourth-order valence-electron chi connectivity index (χ4n) is 1.33. The lowest BCUT2D eigenvalue weighted by Gasteiger charge is -2.32. The number of hydrogen-bond donors (Lipinski definition) is 1. The van der Waals surface area contributed by atoms with Crippen LogP contribution in [0.3, 0.4) is 0 Å². The van der Waals surface area contributed by atoms with Crippen molar-refractivity contribution in [3.8, 4) is 0 Å². The minimum absolute atomic E-state index is 0.210. The first-order valence-electron chi connectivity index (χ1n) is 6.16. The fraction of sp³-hybridized carbons (Fsp3) is 1.00. The molecule has 0 fully saturated rings. The molecule has 1 unspecified atom stereocenters. The first-order chi connectivity index (χ1) is 6.83. The van der Waals surface area contributed by atoms with Crippen molar-refractivity contribution in [1.29, 1.82) is 0 Å². The van der Waals surface area contributed by atoms with Gasteiger partial charge < -0.3 is 10.1 Å². The molecule has 0 saturated heterocycles. The third-order valence-corrected chi connectivity index (χ3v) is 2.95. The van der Waals surface area contributed by atoms with Crippen molar-refractivity contribution < 1.29 is 4.74 Å². The van der Waals surface area contributed by atoms with Gasteiger partial charge in [0.25, 0.3) is 0 Å². The number of nitrogens with one attached hydrogen (secondary N) is 1. The second-order valence-electron chi connectivity index (χ2n) is 5.71.